The van der Waals surface area contributed by atoms with Gasteiger partial charge in [-0.15, -0.1) is 22.7 Å². The van der Waals surface area contributed by atoms with Crippen molar-refractivity contribution in [2.75, 3.05) is 11.9 Å². The molecule has 0 saturated carbocycles. The molecule has 0 aliphatic heterocycles. The fraction of sp³-hybridized carbons (Fsp3) is 0.300. The minimum Gasteiger partial charge on any atom is -0.353 e. The van der Waals surface area contributed by atoms with E-state index in [0.29, 0.717) is 0 Å². The molecule has 0 bridgehead atoms. The molecule has 136 valence electrons. The van der Waals surface area contributed by atoms with Crippen LogP contribution in [-0.4, -0.2) is 27.0 Å². The van der Waals surface area contributed by atoms with E-state index in [-0.39, 0.29) is 0 Å². The van der Waals surface area contributed by atoms with Crippen LogP contribution < -0.4 is 4.90 Å². The van der Waals surface area contributed by atoms with Gasteiger partial charge in [0.2, 0.25) is 0 Å². The molecule has 0 unspecified atom stereocenters. The van der Waals surface area contributed by atoms with Gasteiger partial charge in [0.05, 0.1) is 22.6 Å². The summed E-state index contributed by atoms with van der Waals surface area (Å²) in [5.74, 6) is 1.75. The quantitative estimate of drug-likeness (QED) is 0.505. The van der Waals surface area contributed by atoms with Crippen molar-refractivity contribution in [2.24, 2.45) is 0 Å². The Morgan fingerprint density at radius 2 is 2.11 bits per heavy atom. The standard InChI is InChI=1S/C20H19N5S2/c1-12-22-14(11-26-12)10-25(2)19-17-15-6-3-7-16(15)27-20(17)24-18(23-19)13-5-4-8-21-9-13/h4-5,8-9,11H,3,6-7,10H2,1-2H3. The van der Waals surface area contributed by atoms with Crippen molar-refractivity contribution in [3.05, 3.63) is 51.0 Å². The summed E-state index contributed by atoms with van der Waals surface area (Å²) >= 11 is 3.52. The normalized spacial score (nSPS) is 13.3. The second kappa shape index (κ2) is 6.65. The number of anilines is 1. The van der Waals surface area contributed by atoms with Crippen molar-refractivity contribution in [3.8, 4) is 11.4 Å². The summed E-state index contributed by atoms with van der Waals surface area (Å²) in [6, 6.07) is 3.95. The lowest BCUT2D eigenvalue weighted by atomic mass is 10.1. The summed E-state index contributed by atoms with van der Waals surface area (Å²) in [6.07, 6.45) is 7.12. The Labute approximate surface area is 165 Å². The summed E-state index contributed by atoms with van der Waals surface area (Å²) in [5, 5.41) is 4.46. The van der Waals surface area contributed by atoms with Gasteiger partial charge in [-0.05, 0) is 43.9 Å². The van der Waals surface area contributed by atoms with Gasteiger partial charge in [-0.2, -0.15) is 0 Å². The first-order valence-electron chi connectivity index (χ1n) is 9.04. The van der Waals surface area contributed by atoms with Crippen LogP contribution in [0.2, 0.25) is 0 Å². The molecule has 0 spiro atoms. The van der Waals surface area contributed by atoms with Crippen molar-refractivity contribution in [1.82, 2.24) is 19.9 Å². The lowest BCUT2D eigenvalue weighted by Crippen LogP contribution is -2.19. The molecule has 0 atom stereocenters. The summed E-state index contributed by atoms with van der Waals surface area (Å²) in [4.78, 5) is 23.5. The Bertz CT molecular complexity index is 1120. The molecule has 0 fully saturated rings. The summed E-state index contributed by atoms with van der Waals surface area (Å²) < 4.78 is 0. The zero-order valence-corrected chi connectivity index (χ0v) is 16.9. The maximum atomic E-state index is 4.98. The fourth-order valence-electron chi connectivity index (χ4n) is 3.68. The third kappa shape index (κ3) is 3.00. The average Bonchev–Trinajstić information content (AvgIpc) is 3.37. The van der Waals surface area contributed by atoms with Gasteiger partial charge in [0.15, 0.2) is 5.82 Å². The molecule has 1 aliphatic carbocycles. The van der Waals surface area contributed by atoms with E-state index in [1.165, 1.54) is 22.2 Å². The highest BCUT2D eigenvalue weighted by molar-refractivity contribution is 7.19. The van der Waals surface area contributed by atoms with Crippen molar-refractivity contribution in [1.29, 1.82) is 0 Å². The average molecular weight is 394 g/mol. The van der Waals surface area contributed by atoms with E-state index in [1.54, 1.807) is 17.5 Å². The van der Waals surface area contributed by atoms with E-state index in [2.05, 4.69) is 27.3 Å². The molecule has 4 aromatic heterocycles. The molecule has 0 N–H and O–H groups in total. The van der Waals surface area contributed by atoms with Crippen LogP contribution in [0.5, 0.6) is 0 Å². The molecule has 0 amide bonds. The Balaban J connectivity index is 1.65. The van der Waals surface area contributed by atoms with Crippen LogP contribution in [0.25, 0.3) is 21.6 Å². The van der Waals surface area contributed by atoms with E-state index in [4.69, 9.17) is 9.97 Å². The number of pyridine rings is 1. The van der Waals surface area contributed by atoms with Crippen LogP contribution in [0.1, 0.15) is 27.6 Å². The van der Waals surface area contributed by atoms with Gasteiger partial charge in [-0.1, -0.05) is 0 Å². The largest absolute Gasteiger partial charge is 0.353 e. The molecule has 0 radical (unpaired) electrons. The highest BCUT2D eigenvalue weighted by Crippen LogP contribution is 2.41. The van der Waals surface area contributed by atoms with Gasteiger partial charge in [-0.25, -0.2) is 15.0 Å². The predicted molar refractivity (Wildman–Crippen MR) is 112 cm³/mol. The monoisotopic (exact) mass is 393 g/mol. The molecule has 7 heteroatoms. The first-order chi connectivity index (χ1) is 13.2. The maximum Gasteiger partial charge on any atom is 0.164 e. The van der Waals surface area contributed by atoms with E-state index in [0.717, 1.165) is 52.1 Å². The molecular weight excluding hydrogens is 374 g/mol. The molecule has 4 heterocycles. The van der Waals surface area contributed by atoms with E-state index in [9.17, 15) is 0 Å². The second-order valence-electron chi connectivity index (χ2n) is 6.86. The third-order valence-corrected chi connectivity index (χ3v) is 6.90. The van der Waals surface area contributed by atoms with Gasteiger partial charge in [0.1, 0.15) is 10.6 Å². The van der Waals surface area contributed by atoms with Crippen LogP contribution in [-0.2, 0) is 19.4 Å². The number of hydrogen-bond acceptors (Lipinski definition) is 7. The lowest BCUT2D eigenvalue weighted by Gasteiger charge is -2.19. The Morgan fingerprint density at radius 3 is 2.89 bits per heavy atom. The number of thiazole rings is 1. The first-order valence-corrected chi connectivity index (χ1v) is 10.7. The van der Waals surface area contributed by atoms with Crippen molar-refractivity contribution in [2.45, 2.75) is 32.7 Å². The number of fused-ring (bicyclic) bond motifs is 3. The van der Waals surface area contributed by atoms with Crippen molar-refractivity contribution in [3.63, 3.8) is 0 Å². The number of nitrogens with zero attached hydrogens (tertiary/aromatic N) is 5. The smallest absolute Gasteiger partial charge is 0.164 e. The molecule has 1 aliphatic rings. The van der Waals surface area contributed by atoms with Gasteiger partial charge in [-0.3, -0.25) is 4.98 Å². The SMILES string of the molecule is Cc1nc(CN(C)c2nc(-c3cccnc3)nc3sc4c(c23)CCC4)cs1. The van der Waals surface area contributed by atoms with E-state index >= 15 is 0 Å². The highest BCUT2D eigenvalue weighted by Gasteiger charge is 2.24. The molecule has 0 saturated heterocycles. The maximum absolute atomic E-state index is 4.98. The first kappa shape index (κ1) is 16.8. The highest BCUT2D eigenvalue weighted by atomic mass is 32.1. The Kier molecular flexibility index (Phi) is 4.13. The zero-order chi connectivity index (χ0) is 18.4. The molecule has 27 heavy (non-hydrogen) atoms. The van der Waals surface area contributed by atoms with Crippen LogP contribution >= 0.6 is 22.7 Å². The molecule has 5 rings (SSSR count). The van der Waals surface area contributed by atoms with Gasteiger partial charge >= 0.3 is 0 Å². The van der Waals surface area contributed by atoms with Crippen LogP contribution in [0.15, 0.2) is 29.9 Å². The summed E-state index contributed by atoms with van der Waals surface area (Å²) in [5.41, 5.74) is 3.48. The van der Waals surface area contributed by atoms with Crippen molar-refractivity contribution >= 4 is 38.7 Å². The van der Waals surface area contributed by atoms with Gasteiger partial charge in [0.25, 0.3) is 0 Å². The topological polar surface area (TPSA) is 54.8 Å². The molecule has 5 nitrogen and oxygen atoms in total. The zero-order valence-electron chi connectivity index (χ0n) is 15.3. The third-order valence-electron chi connectivity index (χ3n) is 4.89. The van der Waals surface area contributed by atoms with E-state index in [1.807, 2.05) is 36.6 Å². The number of thiophene rings is 1. The minimum absolute atomic E-state index is 0.742. The van der Waals surface area contributed by atoms with E-state index < -0.39 is 0 Å². The Hall–Kier alpha value is -2.38. The minimum atomic E-state index is 0.742. The molecule has 4 aromatic rings. The second-order valence-corrected chi connectivity index (χ2v) is 9.01. The van der Waals surface area contributed by atoms with Crippen molar-refractivity contribution < 1.29 is 0 Å². The number of hydrogen-bond donors (Lipinski definition) is 0. The predicted octanol–water partition coefficient (Wildman–Crippen LogP) is 4.64. The van der Waals surface area contributed by atoms with Crippen LogP contribution in [0.4, 0.5) is 5.82 Å². The summed E-state index contributed by atoms with van der Waals surface area (Å²) in [7, 11) is 2.10. The number of aryl methyl sites for hydroxylation is 3. The fourth-order valence-corrected chi connectivity index (χ4v) is 5.54. The number of rotatable bonds is 4. The Morgan fingerprint density at radius 1 is 1.19 bits per heavy atom. The summed E-state index contributed by atoms with van der Waals surface area (Å²) in [6.45, 7) is 2.79. The van der Waals surface area contributed by atoms with Gasteiger partial charge in [0, 0.05) is 35.3 Å². The molecular formula is C20H19N5S2. The van der Waals surface area contributed by atoms with Crippen LogP contribution in [0, 0.1) is 6.92 Å². The lowest BCUT2D eigenvalue weighted by molar-refractivity contribution is 0.872. The van der Waals surface area contributed by atoms with Gasteiger partial charge < -0.3 is 4.90 Å². The number of aromatic nitrogens is 4. The molecule has 0 aromatic carbocycles. The van der Waals surface area contributed by atoms with Crippen LogP contribution in [0.3, 0.4) is 0 Å².